The van der Waals surface area contributed by atoms with Crippen molar-refractivity contribution in [3.05, 3.63) is 41.7 Å². The fourth-order valence-electron chi connectivity index (χ4n) is 3.40. The molecule has 1 saturated heterocycles. The fourth-order valence-corrected chi connectivity index (χ4v) is 4.48. The molecule has 1 atom stereocenters. The number of nitrogens with zero attached hydrogens (tertiary/aromatic N) is 5. The van der Waals surface area contributed by atoms with Crippen LogP contribution >= 0.6 is 11.3 Å². The highest BCUT2D eigenvalue weighted by Crippen LogP contribution is 2.31. The Labute approximate surface area is 146 Å². The number of para-hydroxylation sites is 1. The Morgan fingerprint density at radius 2 is 2.17 bits per heavy atom. The molecule has 0 N–H and O–H groups in total. The van der Waals surface area contributed by atoms with Gasteiger partial charge in [0.25, 0.3) is 0 Å². The lowest BCUT2D eigenvalue weighted by molar-refractivity contribution is 0.181. The number of fused-ring (bicyclic) bond motifs is 1. The predicted octanol–water partition coefficient (Wildman–Crippen LogP) is 3.05. The van der Waals surface area contributed by atoms with Gasteiger partial charge in [0.05, 0.1) is 16.4 Å². The molecule has 4 rings (SSSR count). The van der Waals surface area contributed by atoms with Gasteiger partial charge < -0.3 is 4.90 Å². The second-order valence-electron chi connectivity index (χ2n) is 6.71. The Hall–Kier alpha value is -1.92. The van der Waals surface area contributed by atoms with E-state index >= 15 is 0 Å². The first-order chi connectivity index (χ1) is 11.6. The van der Waals surface area contributed by atoms with Gasteiger partial charge in [-0.2, -0.15) is 5.10 Å². The van der Waals surface area contributed by atoms with Crippen LogP contribution in [-0.2, 0) is 13.6 Å². The van der Waals surface area contributed by atoms with Crippen LogP contribution < -0.4 is 4.90 Å². The Morgan fingerprint density at radius 1 is 1.29 bits per heavy atom. The smallest absolute Gasteiger partial charge is 0.186 e. The van der Waals surface area contributed by atoms with Gasteiger partial charge in [-0.1, -0.05) is 23.5 Å². The molecular weight excluding hydrogens is 318 g/mol. The Kier molecular flexibility index (Phi) is 4.02. The molecule has 0 amide bonds. The molecule has 0 radical (unpaired) electrons. The number of benzene rings is 1. The highest BCUT2D eigenvalue weighted by molar-refractivity contribution is 7.22. The maximum atomic E-state index is 4.90. The minimum Gasteiger partial charge on any atom is -0.345 e. The molecule has 3 heterocycles. The van der Waals surface area contributed by atoms with E-state index in [1.807, 2.05) is 29.3 Å². The van der Waals surface area contributed by atoms with Gasteiger partial charge in [0.1, 0.15) is 0 Å². The maximum Gasteiger partial charge on any atom is 0.186 e. The van der Waals surface area contributed by atoms with Crippen molar-refractivity contribution >= 4 is 26.7 Å². The summed E-state index contributed by atoms with van der Waals surface area (Å²) in [7, 11) is 1.97. The molecule has 2 aromatic heterocycles. The quantitative estimate of drug-likeness (QED) is 0.734. The van der Waals surface area contributed by atoms with Crippen molar-refractivity contribution in [2.24, 2.45) is 7.05 Å². The normalized spacial score (nSPS) is 19.3. The zero-order valence-electron chi connectivity index (χ0n) is 14.4. The summed E-state index contributed by atoms with van der Waals surface area (Å²) >= 11 is 1.81. The van der Waals surface area contributed by atoms with E-state index < -0.39 is 0 Å². The zero-order valence-corrected chi connectivity index (χ0v) is 15.3. The number of hydrogen-bond donors (Lipinski definition) is 0. The van der Waals surface area contributed by atoms with Crippen LogP contribution in [0.3, 0.4) is 0 Å². The lowest BCUT2D eigenvalue weighted by atomic mass is 10.2. The van der Waals surface area contributed by atoms with Crippen LogP contribution in [0, 0.1) is 6.92 Å². The van der Waals surface area contributed by atoms with Crippen molar-refractivity contribution in [1.82, 2.24) is 19.7 Å². The van der Waals surface area contributed by atoms with Gasteiger partial charge in [-0.25, -0.2) is 4.98 Å². The number of anilines is 1. The van der Waals surface area contributed by atoms with Gasteiger partial charge >= 0.3 is 0 Å². The highest BCUT2D eigenvalue weighted by Gasteiger charge is 2.26. The van der Waals surface area contributed by atoms with E-state index in [9.17, 15) is 0 Å². The molecule has 1 unspecified atom stereocenters. The minimum atomic E-state index is 0.507. The summed E-state index contributed by atoms with van der Waals surface area (Å²) in [6.45, 7) is 8.54. The summed E-state index contributed by atoms with van der Waals surface area (Å²) < 4.78 is 3.16. The van der Waals surface area contributed by atoms with Crippen LogP contribution in [0.5, 0.6) is 0 Å². The van der Waals surface area contributed by atoms with E-state index in [1.165, 1.54) is 15.8 Å². The van der Waals surface area contributed by atoms with Gasteiger partial charge in [0.2, 0.25) is 0 Å². The third kappa shape index (κ3) is 2.91. The number of rotatable bonds is 3. The van der Waals surface area contributed by atoms with Crippen molar-refractivity contribution in [3.63, 3.8) is 0 Å². The lowest BCUT2D eigenvalue weighted by Crippen LogP contribution is -2.51. The van der Waals surface area contributed by atoms with Gasteiger partial charge in [-0.15, -0.1) is 0 Å². The van der Waals surface area contributed by atoms with E-state index in [0.717, 1.165) is 36.8 Å². The third-order valence-corrected chi connectivity index (χ3v) is 5.87. The average molecular weight is 341 g/mol. The zero-order chi connectivity index (χ0) is 16.7. The number of aromatic nitrogens is 3. The van der Waals surface area contributed by atoms with Crippen LogP contribution in [0.25, 0.3) is 10.2 Å². The molecular formula is C18H23N5S. The maximum absolute atomic E-state index is 4.90. The number of thiazole rings is 1. The Morgan fingerprint density at radius 3 is 2.88 bits per heavy atom. The van der Waals surface area contributed by atoms with Crippen LogP contribution in [-0.4, -0.2) is 45.3 Å². The topological polar surface area (TPSA) is 37.2 Å². The molecule has 5 nitrogen and oxygen atoms in total. The minimum absolute atomic E-state index is 0.507. The molecule has 1 aliphatic heterocycles. The molecule has 0 bridgehead atoms. The van der Waals surface area contributed by atoms with Crippen molar-refractivity contribution < 1.29 is 0 Å². The summed E-state index contributed by atoms with van der Waals surface area (Å²) in [6.07, 6.45) is 4.07. The lowest BCUT2D eigenvalue weighted by Gasteiger charge is -2.39. The SMILES string of the molecule is Cc1cccc2sc(N3CCN(Cc4cnn(C)c4)C(C)C3)nc12. The van der Waals surface area contributed by atoms with E-state index in [1.54, 1.807) is 0 Å². The van der Waals surface area contributed by atoms with Gasteiger partial charge in [-0.05, 0) is 25.5 Å². The van der Waals surface area contributed by atoms with E-state index in [0.29, 0.717) is 6.04 Å². The van der Waals surface area contributed by atoms with Crippen LogP contribution in [0.4, 0.5) is 5.13 Å². The summed E-state index contributed by atoms with van der Waals surface area (Å²) in [4.78, 5) is 9.87. The van der Waals surface area contributed by atoms with Gasteiger partial charge in [-0.3, -0.25) is 9.58 Å². The van der Waals surface area contributed by atoms with Crippen molar-refractivity contribution in [2.45, 2.75) is 26.4 Å². The fraction of sp³-hybridized carbons (Fsp3) is 0.444. The first kappa shape index (κ1) is 15.6. The van der Waals surface area contributed by atoms with Crippen molar-refractivity contribution in [2.75, 3.05) is 24.5 Å². The summed E-state index contributed by atoms with van der Waals surface area (Å²) in [5, 5.41) is 5.43. The van der Waals surface area contributed by atoms with Crippen molar-refractivity contribution in [3.8, 4) is 0 Å². The number of piperazine rings is 1. The van der Waals surface area contributed by atoms with E-state index in [-0.39, 0.29) is 0 Å². The third-order valence-electron chi connectivity index (χ3n) is 4.79. The molecule has 24 heavy (non-hydrogen) atoms. The molecule has 3 aromatic rings. The molecule has 126 valence electrons. The molecule has 0 saturated carbocycles. The second-order valence-corrected chi connectivity index (χ2v) is 7.71. The number of hydrogen-bond acceptors (Lipinski definition) is 5. The molecule has 6 heteroatoms. The van der Waals surface area contributed by atoms with E-state index in [2.05, 4.69) is 53.1 Å². The second kappa shape index (κ2) is 6.18. The first-order valence-electron chi connectivity index (χ1n) is 8.43. The van der Waals surface area contributed by atoms with Gasteiger partial charge in [0, 0.05) is 51.0 Å². The predicted molar refractivity (Wildman–Crippen MR) is 99.7 cm³/mol. The molecule has 1 fully saturated rings. The molecule has 1 aromatic carbocycles. The van der Waals surface area contributed by atoms with Crippen LogP contribution in [0.1, 0.15) is 18.1 Å². The van der Waals surface area contributed by atoms with Crippen LogP contribution in [0.2, 0.25) is 0 Å². The number of aryl methyl sites for hydroxylation is 2. The largest absolute Gasteiger partial charge is 0.345 e. The highest BCUT2D eigenvalue weighted by atomic mass is 32.1. The summed E-state index contributed by atoms with van der Waals surface area (Å²) in [6, 6.07) is 6.94. The first-order valence-corrected chi connectivity index (χ1v) is 9.24. The Balaban J connectivity index is 1.48. The monoisotopic (exact) mass is 341 g/mol. The van der Waals surface area contributed by atoms with Gasteiger partial charge in [0.15, 0.2) is 5.13 Å². The molecule has 1 aliphatic rings. The molecule has 0 aliphatic carbocycles. The van der Waals surface area contributed by atoms with Crippen molar-refractivity contribution in [1.29, 1.82) is 0 Å². The van der Waals surface area contributed by atoms with Crippen LogP contribution in [0.15, 0.2) is 30.6 Å². The molecule has 0 spiro atoms. The summed E-state index contributed by atoms with van der Waals surface area (Å²) in [5.41, 5.74) is 3.70. The average Bonchev–Trinajstić information content (AvgIpc) is 3.16. The summed E-state index contributed by atoms with van der Waals surface area (Å²) in [5.74, 6) is 0. The standard InChI is InChI=1S/C18H23N5S/c1-13-5-4-6-16-17(13)20-18(24-16)23-8-7-22(14(2)10-23)12-15-9-19-21(3)11-15/h4-6,9,11,14H,7-8,10,12H2,1-3H3. The Bertz CT molecular complexity index is 852. The van der Waals surface area contributed by atoms with E-state index in [4.69, 9.17) is 4.98 Å².